The summed E-state index contributed by atoms with van der Waals surface area (Å²) in [5.74, 6) is 0.679. The highest BCUT2D eigenvalue weighted by atomic mass is 32.2. The number of rotatable bonds is 5. The van der Waals surface area contributed by atoms with Crippen molar-refractivity contribution in [3.63, 3.8) is 0 Å². The van der Waals surface area contributed by atoms with Crippen LogP contribution < -0.4 is 5.32 Å². The number of hydrogen-bond acceptors (Lipinski definition) is 4. The Balaban J connectivity index is 1.94. The number of nitrogens with zero attached hydrogens (tertiary/aromatic N) is 1. The predicted octanol–water partition coefficient (Wildman–Crippen LogP) is 1.94. The topological polar surface area (TPSA) is 62.2 Å². The van der Waals surface area contributed by atoms with Gasteiger partial charge >= 0.3 is 0 Å². The summed E-state index contributed by atoms with van der Waals surface area (Å²) < 4.78 is 0. The molecule has 1 fully saturated rings. The molecule has 1 aromatic rings. The molecule has 0 saturated heterocycles. The van der Waals surface area contributed by atoms with E-state index in [0.717, 1.165) is 24.3 Å². The Morgan fingerprint density at radius 3 is 3.05 bits per heavy atom. The number of amides is 1. The lowest BCUT2D eigenvalue weighted by molar-refractivity contribution is 0.0934. The van der Waals surface area contributed by atoms with Gasteiger partial charge in [0, 0.05) is 19.3 Å². The molecule has 2 rings (SSSR count). The van der Waals surface area contributed by atoms with Crippen LogP contribution in [-0.2, 0) is 0 Å². The third-order valence-corrected chi connectivity index (χ3v) is 4.50. The van der Waals surface area contributed by atoms with E-state index in [-0.39, 0.29) is 12.5 Å². The molecule has 19 heavy (non-hydrogen) atoms. The minimum Gasteiger partial charge on any atom is -0.396 e. The summed E-state index contributed by atoms with van der Waals surface area (Å²) in [5, 5.41) is 13.0. The first-order valence-electron chi connectivity index (χ1n) is 6.64. The number of thioether (sulfide) groups is 1. The predicted molar refractivity (Wildman–Crippen MR) is 76.3 cm³/mol. The summed E-state index contributed by atoms with van der Waals surface area (Å²) in [6.07, 6.45) is 6.92. The van der Waals surface area contributed by atoms with Crippen LogP contribution in [0.4, 0.5) is 0 Å². The first kappa shape index (κ1) is 14.3. The van der Waals surface area contributed by atoms with Gasteiger partial charge in [-0.1, -0.05) is 6.42 Å². The van der Waals surface area contributed by atoms with Crippen molar-refractivity contribution >= 4 is 17.7 Å². The van der Waals surface area contributed by atoms with E-state index in [9.17, 15) is 9.90 Å². The van der Waals surface area contributed by atoms with E-state index in [0.29, 0.717) is 23.9 Å². The van der Waals surface area contributed by atoms with Crippen molar-refractivity contribution in [1.82, 2.24) is 10.3 Å². The van der Waals surface area contributed by atoms with Crippen molar-refractivity contribution in [3.05, 3.63) is 23.9 Å². The van der Waals surface area contributed by atoms with Gasteiger partial charge in [0.2, 0.25) is 0 Å². The molecule has 2 N–H and O–H groups in total. The minimum absolute atomic E-state index is 0.0685. The standard InChI is InChI=1S/C14H20N2O2S/c1-19-14-12(6-3-7-15-14)13(18)16-8-10-4-2-5-11(10)9-17/h3,6-7,10-11,17H,2,4-5,8-9H2,1H3,(H,16,18). The molecule has 1 aromatic heterocycles. The van der Waals surface area contributed by atoms with Crippen LogP contribution in [0.2, 0.25) is 0 Å². The second-order valence-electron chi connectivity index (χ2n) is 4.90. The Bertz CT molecular complexity index is 439. The Morgan fingerprint density at radius 1 is 1.53 bits per heavy atom. The normalized spacial score (nSPS) is 22.4. The fraction of sp³-hybridized carbons (Fsp3) is 0.571. The van der Waals surface area contributed by atoms with Crippen molar-refractivity contribution in [1.29, 1.82) is 0 Å². The number of pyridine rings is 1. The van der Waals surface area contributed by atoms with Gasteiger partial charge in [-0.05, 0) is 43.1 Å². The summed E-state index contributed by atoms with van der Waals surface area (Å²) in [5.41, 5.74) is 0.633. The molecule has 1 aliphatic carbocycles. The van der Waals surface area contributed by atoms with Crippen molar-refractivity contribution in [3.8, 4) is 0 Å². The van der Waals surface area contributed by atoms with E-state index in [2.05, 4.69) is 10.3 Å². The van der Waals surface area contributed by atoms with Gasteiger partial charge in [0.25, 0.3) is 5.91 Å². The number of carbonyl (C=O) groups excluding carboxylic acids is 1. The molecule has 0 radical (unpaired) electrons. The minimum atomic E-state index is -0.0685. The molecule has 0 aromatic carbocycles. The molecule has 5 heteroatoms. The first-order chi connectivity index (χ1) is 9.26. The number of nitrogens with one attached hydrogen (secondary N) is 1. The fourth-order valence-corrected chi connectivity index (χ4v) is 3.21. The van der Waals surface area contributed by atoms with Gasteiger partial charge in [0.15, 0.2) is 0 Å². The molecule has 1 saturated carbocycles. The first-order valence-corrected chi connectivity index (χ1v) is 7.86. The maximum Gasteiger partial charge on any atom is 0.254 e. The van der Waals surface area contributed by atoms with Gasteiger partial charge in [-0.15, -0.1) is 11.8 Å². The highest BCUT2D eigenvalue weighted by Crippen LogP contribution is 2.30. The number of aliphatic hydroxyl groups is 1. The second kappa shape index (κ2) is 6.91. The molecule has 1 amide bonds. The Labute approximate surface area is 118 Å². The van der Waals surface area contributed by atoms with E-state index in [1.165, 1.54) is 11.8 Å². The highest BCUT2D eigenvalue weighted by Gasteiger charge is 2.27. The van der Waals surface area contributed by atoms with Crippen LogP contribution in [0, 0.1) is 11.8 Å². The van der Waals surface area contributed by atoms with Gasteiger partial charge in [-0.2, -0.15) is 0 Å². The smallest absolute Gasteiger partial charge is 0.254 e. The molecule has 0 spiro atoms. The average Bonchev–Trinajstić information content (AvgIpc) is 2.92. The lowest BCUT2D eigenvalue weighted by Gasteiger charge is -2.18. The summed E-state index contributed by atoms with van der Waals surface area (Å²) in [4.78, 5) is 16.3. The number of aromatic nitrogens is 1. The molecule has 0 aliphatic heterocycles. The molecule has 104 valence electrons. The van der Waals surface area contributed by atoms with E-state index in [1.807, 2.05) is 6.26 Å². The zero-order chi connectivity index (χ0) is 13.7. The molecule has 0 bridgehead atoms. The quantitative estimate of drug-likeness (QED) is 0.809. The number of aliphatic hydroxyl groups excluding tert-OH is 1. The fourth-order valence-electron chi connectivity index (χ4n) is 2.67. The van der Waals surface area contributed by atoms with Gasteiger partial charge in [0.1, 0.15) is 5.03 Å². The lowest BCUT2D eigenvalue weighted by atomic mass is 9.97. The second-order valence-corrected chi connectivity index (χ2v) is 5.70. The maximum absolute atomic E-state index is 12.1. The van der Waals surface area contributed by atoms with Crippen LogP contribution in [0.5, 0.6) is 0 Å². The third kappa shape index (κ3) is 3.48. The Hall–Kier alpha value is -1.07. The van der Waals surface area contributed by atoms with Crippen LogP contribution >= 0.6 is 11.8 Å². The third-order valence-electron chi connectivity index (χ3n) is 3.78. The van der Waals surface area contributed by atoms with Crippen molar-refractivity contribution in [2.45, 2.75) is 24.3 Å². The summed E-state index contributed by atoms with van der Waals surface area (Å²) in [7, 11) is 0. The molecular formula is C14H20N2O2S. The Morgan fingerprint density at radius 2 is 2.32 bits per heavy atom. The number of hydrogen-bond donors (Lipinski definition) is 2. The van der Waals surface area contributed by atoms with Crippen LogP contribution in [0.1, 0.15) is 29.6 Å². The average molecular weight is 280 g/mol. The largest absolute Gasteiger partial charge is 0.396 e. The van der Waals surface area contributed by atoms with Crippen molar-refractivity contribution in [2.75, 3.05) is 19.4 Å². The summed E-state index contributed by atoms with van der Waals surface area (Å²) in [6.45, 7) is 0.871. The summed E-state index contributed by atoms with van der Waals surface area (Å²) in [6, 6.07) is 3.58. The van der Waals surface area contributed by atoms with E-state index in [4.69, 9.17) is 0 Å². The molecule has 1 heterocycles. The molecule has 2 unspecified atom stereocenters. The lowest BCUT2D eigenvalue weighted by Crippen LogP contribution is -2.32. The van der Waals surface area contributed by atoms with Crippen LogP contribution in [0.25, 0.3) is 0 Å². The van der Waals surface area contributed by atoms with Crippen LogP contribution in [-0.4, -0.2) is 35.4 Å². The zero-order valence-corrected chi connectivity index (χ0v) is 11.9. The van der Waals surface area contributed by atoms with Gasteiger partial charge < -0.3 is 10.4 Å². The Kier molecular flexibility index (Phi) is 5.22. The SMILES string of the molecule is CSc1ncccc1C(=O)NCC1CCCC1CO. The molecule has 4 nitrogen and oxygen atoms in total. The highest BCUT2D eigenvalue weighted by molar-refractivity contribution is 7.98. The van der Waals surface area contributed by atoms with Gasteiger partial charge in [-0.25, -0.2) is 4.98 Å². The van der Waals surface area contributed by atoms with Gasteiger partial charge in [0.05, 0.1) is 5.56 Å². The van der Waals surface area contributed by atoms with Crippen LogP contribution in [0.3, 0.4) is 0 Å². The van der Waals surface area contributed by atoms with E-state index >= 15 is 0 Å². The van der Waals surface area contributed by atoms with E-state index < -0.39 is 0 Å². The molecule has 1 aliphatic rings. The molecule has 2 atom stereocenters. The summed E-state index contributed by atoms with van der Waals surface area (Å²) >= 11 is 1.47. The van der Waals surface area contributed by atoms with Gasteiger partial charge in [-0.3, -0.25) is 4.79 Å². The zero-order valence-electron chi connectivity index (χ0n) is 11.1. The van der Waals surface area contributed by atoms with E-state index in [1.54, 1.807) is 18.3 Å². The number of carbonyl (C=O) groups is 1. The maximum atomic E-state index is 12.1. The monoisotopic (exact) mass is 280 g/mol. The molecular weight excluding hydrogens is 260 g/mol. The van der Waals surface area contributed by atoms with Crippen molar-refractivity contribution in [2.24, 2.45) is 11.8 Å². The van der Waals surface area contributed by atoms with Crippen LogP contribution in [0.15, 0.2) is 23.4 Å². The van der Waals surface area contributed by atoms with Crippen molar-refractivity contribution < 1.29 is 9.90 Å².